The van der Waals surface area contributed by atoms with Gasteiger partial charge in [0.2, 0.25) is 0 Å². The largest absolute Gasteiger partial charge is 2.00 e. The number of carbonyl (C=O) groups excluding carboxylic acids is 2. The molecule has 27 heavy (non-hydrogen) atoms. The van der Waals surface area contributed by atoms with E-state index in [0.717, 1.165) is 10.8 Å². The van der Waals surface area contributed by atoms with Crippen LogP contribution in [0.25, 0.3) is 21.8 Å². The number of pyridine rings is 2. The molecule has 2 aromatic carbocycles. The Hall–Kier alpha value is -3.28. The van der Waals surface area contributed by atoms with Crippen molar-refractivity contribution in [2.75, 3.05) is 0 Å². The molecule has 0 atom stereocenters. The molecule has 0 bridgehead atoms. The van der Waals surface area contributed by atoms with Crippen LogP contribution in [0.1, 0.15) is 21.0 Å². The average Bonchev–Trinajstić information content (AvgIpc) is 2.67. The van der Waals surface area contributed by atoms with Gasteiger partial charge in [-0.2, -0.15) is 0 Å². The summed E-state index contributed by atoms with van der Waals surface area (Å²) in [5.41, 5.74) is 1.28. The second-order valence-electron chi connectivity index (χ2n) is 5.35. The van der Waals surface area contributed by atoms with Crippen molar-refractivity contribution in [1.82, 2.24) is 9.97 Å². The number of carboxylic acids is 2. The molecule has 0 aliphatic carbocycles. The van der Waals surface area contributed by atoms with Gasteiger partial charge < -0.3 is 19.8 Å². The molecule has 2 aromatic heterocycles. The van der Waals surface area contributed by atoms with Crippen LogP contribution >= 0.6 is 0 Å². The Balaban J connectivity index is 0.000000187. The van der Waals surface area contributed by atoms with Crippen molar-refractivity contribution in [3.8, 4) is 0 Å². The number of rotatable bonds is 2. The Morgan fingerprint density at radius 3 is 1.33 bits per heavy atom. The van der Waals surface area contributed by atoms with Crippen LogP contribution in [-0.2, 0) is 17.1 Å². The summed E-state index contributed by atoms with van der Waals surface area (Å²) in [6.45, 7) is 0. The predicted octanol–water partition coefficient (Wildman–Crippen LogP) is 1.19. The SMILES string of the molecule is O=C([O-])c1ccc2ccccc2n1.O=C([O-])c1ccc2ccccc2n1.[Cu+2]. The first-order valence-corrected chi connectivity index (χ1v) is 7.69. The molecule has 0 spiro atoms. The average molecular weight is 408 g/mol. The van der Waals surface area contributed by atoms with Crippen molar-refractivity contribution in [2.45, 2.75) is 0 Å². The second kappa shape index (κ2) is 8.89. The predicted molar refractivity (Wildman–Crippen MR) is 92.1 cm³/mol. The van der Waals surface area contributed by atoms with Gasteiger partial charge in [-0.05, 0) is 24.3 Å². The molecule has 7 heteroatoms. The van der Waals surface area contributed by atoms with Gasteiger partial charge in [-0.1, -0.05) is 48.5 Å². The van der Waals surface area contributed by atoms with Crippen molar-refractivity contribution in [1.29, 1.82) is 0 Å². The van der Waals surface area contributed by atoms with E-state index in [9.17, 15) is 19.8 Å². The quantitative estimate of drug-likeness (QED) is 0.462. The molecule has 4 rings (SSSR count). The van der Waals surface area contributed by atoms with Gasteiger partial charge in [0.25, 0.3) is 0 Å². The third-order valence-electron chi connectivity index (χ3n) is 3.62. The fourth-order valence-electron chi connectivity index (χ4n) is 2.36. The zero-order valence-electron chi connectivity index (χ0n) is 13.8. The molecule has 0 amide bonds. The van der Waals surface area contributed by atoms with Gasteiger partial charge in [0.1, 0.15) is 0 Å². The molecule has 2 heterocycles. The fraction of sp³-hybridized carbons (Fsp3) is 0. The Kier molecular flexibility index (Phi) is 6.60. The van der Waals surface area contributed by atoms with Gasteiger partial charge in [0.15, 0.2) is 0 Å². The van der Waals surface area contributed by atoms with Crippen LogP contribution in [-0.4, -0.2) is 21.9 Å². The van der Waals surface area contributed by atoms with Crippen LogP contribution < -0.4 is 10.2 Å². The van der Waals surface area contributed by atoms with Crippen LogP contribution in [0, 0.1) is 0 Å². The first kappa shape index (κ1) is 20.0. The van der Waals surface area contributed by atoms with Crippen molar-refractivity contribution < 1.29 is 36.9 Å². The van der Waals surface area contributed by atoms with Gasteiger partial charge >= 0.3 is 17.1 Å². The van der Waals surface area contributed by atoms with Crippen LogP contribution in [0.2, 0.25) is 0 Å². The van der Waals surface area contributed by atoms with Crippen LogP contribution in [0.4, 0.5) is 0 Å². The minimum Gasteiger partial charge on any atom is -0.543 e. The number of carbonyl (C=O) groups is 2. The molecule has 0 N–H and O–H groups in total. The molecular weight excluding hydrogens is 396 g/mol. The van der Waals surface area contributed by atoms with Crippen molar-refractivity contribution in [3.63, 3.8) is 0 Å². The first-order chi connectivity index (χ1) is 12.5. The maximum Gasteiger partial charge on any atom is 2.00 e. The number of nitrogens with zero attached hydrogens (tertiary/aromatic N) is 2. The monoisotopic (exact) mass is 407 g/mol. The molecule has 0 saturated heterocycles. The third kappa shape index (κ3) is 4.88. The third-order valence-corrected chi connectivity index (χ3v) is 3.62. The number of aromatic carboxylic acids is 2. The number of aromatic nitrogens is 2. The summed E-state index contributed by atoms with van der Waals surface area (Å²) >= 11 is 0. The van der Waals surface area contributed by atoms with E-state index in [0.29, 0.717) is 11.0 Å². The Labute approximate surface area is 165 Å². The zero-order chi connectivity index (χ0) is 18.5. The van der Waals surface area contributed by atoms with Gasteiger partial charge in [0, 0.05) is 10.8 Å². The summed E-state index contributed by atoms with van der Waals surface area (Å²) in [6.07, 6.45) is 0. The summed E-state index contributed by atoms with van der Waals surface area (Å²) in [5.74, 6) is -2.49. The first-order valence-electron chi connectivity index (χ1n) is 7.69. The molecule has 4 aromatic rings. The van der Waals surface area contributed by atoms with E-state index in [4.69, 9.17) is 0 Å². The minimum absolute atomic E-state index is 0. The summed E-state index contributed by atoms with van der Waals surface area (Å²) in [4.78, 5) is 28.8. The van der Waals surface area contributed by atoms with Crippen LogP contribution in [0.15, 0.2) is 72.8 Å². The standard InChI is InChI=1S/2C10H7NO2.Cu/c2*12-10(13)9-6-5-7-3-1-2-4-8(7)11-9;/h2*1-6H,(H,12,13);/q;;+2/p-2. The molecule has 0 aliphatic heterocycles. The second-order valence-corrected chi connectivity index (χ2v) is 5.35. The molecule has 137 valence electrons. The number of fused-ring (bicyclic) bond motifs is 2. The maximum atomic E-state index is 10.5. The molecule has 0 unspecified atom stereocenters. The zero-order valence-corrected chi connectivity index (χ0v) is 14.7. The number of hydrogen-bond donors (Lipinski definition) is 0. The molecular formula is C20H12CuN2O4. The topological polar surface area (TPSA) is 106 Å². The molecule has 1 radical (unpaired) electrons. The van der Waals surface area contributed by atoms with Crippen molar-refractivity contribution in [3.05, 3.63) is 84.2 Å². The van der Waals surface area contributed by atoms with Crippen LogP contribution in [0.5, 0.6) is 0 Å². The smallest absolute Gasteiger partial charge is 0.543 e. The van der Waals surface area contributed by atoms with E-state index >= 15 is 0 Å². The summed E-state index contributed by atoms with van der Waals surface area (Å²) in [6, 6.07) is 21.0. The Morgan fingerprint density at radius 2 is 0.963 bits per heavy atom. The summed E-state index contributed by atoms with van der Waals surface area (Å²) in [5, 5.41) is 22.8. The summed E-state index contributed by atoms with van der Waals surface area (Å²) < 4.78 is 0. The number of hydrogen-bond acceptors (Lipinski definition) is 6. The van der Waals surface area contributed by atoms with Gasteiger partial charge in [-0.15, -0.1) is 0 Å². The van der Waals surface area contributed by atoms with E-state index in [1.165, 1.54) is 12.1 Å². The van der Waals surface area contributed by atoms with E-state index in [2.05, 4.69) is 9.97 Å². The fourth-order valence-corrected chi connectivity index (χ4v) is 2.36. The van der Waals surface area contributed by atoms with Crippen molar-refractivity contribution >= 4 is 33.7 Å². The molecule has 0 saturated carbocycles. The number of benzene rings is 2. The minimum atomic E-state index is -1.24. The Bertz CT molecular complexity index is 1030. The van der Waals surface area contributed by atoms with Crippen molar-refractivity contribution in [2.24, 2.45) is 0 Å². The van der Waals surface area contributed by atoms with Crippen LogP contribution in [0.3, 0.4) is 0 Å². The van der Waals surface area contributed by atoms with E-state index in [-0.39, 0.29) is 28.5 Å². The molecule has 0 fully saturated rings. The van der Waals surface area contributed by atoms with Gasteiger partial charge in [0.05, 0.1) is 34.4 Å². The van der Waals surface area contributed by atoms with E-state index in [1.807, 2.05) is 36.4 Å². The normalized spacial score (nSPS) is 9.78. The number of para-hydroxylation sites is 2. The molecule has 0 aliphatic rings. The van der Waals surface area contributed by atoms with Gasteiger partial charge in [-0.3, -0.25) is 0 Å². The Morgan fingerprint density at radius 1 is 0.593 bits per heavy atom. The summed E-state index contributed by atoms with van der Waals surface area (Å²) in [7, 11) is 0. The molecule has 6 nitrogen and oxygen atoms in total. The van der Waals surface area contributed by atoms with E-state index < -0.39 is 11.9 Å². The number of carboxylic acid groups (broad SMARTS) is 2. The van der Waals surface area contributed by atoms with E-state index in [1.54, 1.807) is 24.3 Å². The van der Waals surface area contributed by atoms with Gasteiger partial charge in [-0.25, -0.2) is 9.97 Å². The maximum absolute atomic E-state index is 10.5.